The molecule has 29 heavy (non-hydrogen) atoms. The van der Waals surface area contributed by atoms with Crippen LogP contribution in [0.25, 0.3) is 11.1 Å². The molecule has 2 N–H and O–H groups in total. The largest absolute Gasteiger partial charge is 0.507 e. The molecular formula is C25H35NO3. The first-order chi connectivity index (χ1) is 13.2. The summed E-state index contributed by atoms with van der Waals surface area (Å²) in [7, 11) is 0. The van der Waals surface area contributed by atoms with Gasteiger partial charge in [-0.15, -0.1) is 0 Å². The fourth-order valence-electron chi connectivity index (χ4n) is 3.41. The van der Waals surface area contributed by atoms with Gasteiger partial charge in [-0.3, -0.25) is 10.0 Å². The highest BCUT2D eigenvalue weighted by atomic mass is 16.5. The molecule has 0 aliphatic carbocycles. The Morgan fingerprint density at radius 1 is 0.966 bits per heavy atom. The van der Waals surface area contributed by atoms with E-state index in [-0.39, 0.29) is 29.2 Å². The number of hydrogen-bond acceptors (Lipinski definition) is 3. The smallest absolute Gasteiger partial charge is 0.248 e. The Morgan fingerprint density at radius 3 is 1.90 bits per heavy atom. The summed E-state index contributed by atoms with van der Waals surface area (Å²) in [6.07, 6.45) is 0. The van der Waals surface area contributed by atoms with Crippen molar-refractivity contribution in [2.24, 2.45) is 5.92 Å². The third-order valence-electron chi connectivity index (χ3n) is 5.12. The third kappa shape index (κ3) is 5.18. The van der Waals surface area contributed by atoms with Crippen LogP contribution in [-0.2, 0) is 22.2 Å². The first kappa shape index (κ1) is 23.0. The first-order valence-corrected chi connectivity index (χ1v) is 10.2. The lowest BCUT2D eigenvalue weighted by Crippen LogP contribution is -2.30. The van der Waals surface area contributed by atoms with Crippen molar-refractivity contribution < 1.29 is 15.1 Å². The van der Waals surface area contributed by atoms with Gasteiger partial charge in [0.2, 0.25) is 5.91 Å². The quantitative estimate of drug-likeness (QED) is 0.489. The second-order valence-corrected chi connectivity index (χ2v) is 10.1. The molecule has 0 radical (unpaired) electrons. The van der Waals surface area contributed by atoms with Crippen molar-refractivity contribution in [2.45, 2.75) is 72.8 Å². The van der Waals surface area contributed by atoms with Crippen molar-refractivity contribution >= 4 is 5.91 Å². The Labute approximate surface area is 175 Å². The summed E-state index contributed by atoms with van der Waals surface area (Å²) in [5.41, 5.74) is 4.08. The highest BCUT2D eigenvalue weighted by Crippen LogP contribution is 2.42. The molecule has 0 unspecified atom stereocenters. The van der Waals surface area contributed by atoms with Crippen molar-refractivity contribution in [1.29, 1.82) is 0 Å². The zero-order valence-electron chi connectivity index (χ0n) is 19.0. The lowest BCUT2D eigenvalue weighted by Gasteiger charge is -2.29. The van der Waals surface area contributed by atoms with Crippen LogP contribution in [0.3, 0.4) is 0 Å². The Balaban J connectivity index is 2.65. The fourth-order valence-corrected chi connectivity index (χ4v) is 3.41. The van der Waals surface area contributed by atoms with Crippen LogP contribution >= 0.6 is 0 Å². The first-order valence-electron chi connectivity index (χ1n) is 10.2. The van der Waals surface area contributed by atoms with E-state index in [0.717, 1.165) is 32.9 Å². The predicted molar refractivity (Wildman–Crippen MR) is 118 cm³/mol. The van der Waals surface area contributed by atoms with E-state index in [1.54, 1.807) is 13.8 Å². The van der Waals surface area contributed by atoms with Gasteiger partial charge in [-0.1, -0.05) is 79.7 Å². The van der Waals surface area contributed by atoms with Crippen molar-refractivity contribution in [2.75, 3.05) is 0 Å². The van der Waals surface area contributed by atoms with E-state index in [9.17, 15) is 15.1 Å². The molecule has 0 saturated carbocycles. The Bertz CT molecular complexity index is 851. The molecule has 0 aliphatic rings. The number of amides is 1. The van der Waals surface area contributed by atoms with E-state index in [0.29, 0.717) is 5.75 Å². The normalized spacial score (nSPS) is 12.3. The molecule has 2 rings (SSSR count). The van der Waals surface area contributed by atoms with E-state index in [1.165, 1.54) is 0 Å². The summed E-state index contributed by atoms with van der Waals surface area (Å²) in [4.78, 5) is 12.2. The lowest BCUT2D eigenvalue weighted by molar-refractivity contribution is -0.171. The Kier molecular flexibility index (Phi) is 6.48. The molecule has 2 aromatic rings. The van der Waals surface area contributed by atoms with Crippen LogP contribution in [0.1, 0.15) is 72.1 Å². The number of benzene rings is 2. The number of hydroxylamine groups is 2. The summed E-state index contributed by atoms with van der Waals surface area (Å²) in [5, 5.41) is 22.0. The van der Waals surface area contributed by atoms with Crippen LogP contribution in [0.5, 0.6) is 5.75 Å². The number of rotatable bonds is 4. The molecule has 4 nitrogen and oxygen atoms in total. The second-order valence-electron chi connectivity index (χ2n) is 10.1. The maximum Gasteiger partial charge on any atom is 0.248 e. The van der Waals surface area contributed by atoms with Gasteiger partial charge in [-0.2, -0.15) is 0 Å². The molecule has 0 spiro atoms. The minimum absolute atomic E-state index is 0.115. The van der Waals surface area contributed by atoms with Crippen molar-refractivity contribution in [3.63, 3.8) is 0 Å². The number of phenolic OH excluding ortho intramolecular Hbond substituents is 1. The SMILES string of the molecule is CC(C)C(=O)N(O)Cc1ccccc1-c1cc(C(C)(C)C)c(O)c(C(C)(C)C)c1. The van der Waals surface area contributed by atoms with E-state index in [1.807, 2.05) is 36.4 Å². The van der Waals surface area contributed by atoms with Crippen LogP contribution in [0, 0.1) is 5.92 Å². The zero-order valence-corrected chi connectivity index (χ0v) is 19.0. The van der Waals surface area contributed by atoms with Crippen LogP contribution in [-0.4, -0.2) is 21.3 Å². The van der Waals surface area contributed by atoms with E-state index in [4.69, 9.17) is 0 Å². The molecule has 4 heteroatoms. The predicted octanol–water partition coefficient (Wildman–Crippen LogP) is 6.03. The average Bonchev–Trinajstić information content (AvgIpc) is 2.59. The second kappa shape index (κ2) is 8.19. The number of hydrogen-bond donors (Lipinski definition) is 2. The molecule has 0 bridgehead atoms. The summed E-state index contributed by atoms with van der Waals surface area (Å²) in [6, 6.07) is 11.8. The molecule has 0 heterocycles. The molecule has 2 aromatic carbocycles. The van der Waals surface area contributed by atoms with Crippen LogP contribution in [0.15, 0.2) is 36.4 Å². The Hall–Kier alpha value is -2.33. The number of carbonyl (C=O) groups excluding carboxylic acids is 1. The van der Waals surface area contributed by atoms with Crippen molar-refractivity contribution in [3.05, 3.63) is 53.1 Å². The topological polar surface area (TPSA) is 60.8 Å². The van der Waals surface area contributed by atoms with Crippen molar-refractivity contribution in [3.8, 4) is 16.9 Å². The average molecular weight is 398 g/mol. The molecular weight excluding hydrogens is 362 g/mol. The van der Waals surface area contributed by atoms with Gasteiger partial charge >= 0.3 is 0 Å². The van der Waals surface area contributed by atoms with Gasteiger partial charge < -0.3 is 5.11 Å². The van der Waals surface area contributed by atoms with Crippen LogP contribution in [0.2, 0.25) is 0 Å². The van der Waals surface area contributed by atoms with E-state index < -0.39 is 0 Å². The minimum Gasteiger partial charge on any atom is -0.507 e. The summed E-state index contributed by atoms with van der Waals surface area (Å²) in [5.74, 6) is -0.248. The minimum atomic E-state index is -0.309. The molecule has 158 valence electrons. The standard InChI is InChI=1S/C25H35NO3/c1-16(2)23(28)26(29)15-17-11-9-10-12-19(17)18-13-20(24(3,4)5)22(27)21(14-18)25(6,7)8/h9-14,16,27,29H,15H2,1-8H3. The highest BCUT2D eigenvalue weighted by molar-refractivity contribution is 5.77. The van der Waals surface area contributed by atoms with Gasteiger partial charge in [0.25, 0.3) is 0 Å². The summed E-state index contributed by atoms with van der Waals surface area (Å²) < 4.78 is 0. The number of nitrogens with zero attached hydrogens (tertiary/aromatic N) is 1. The molecule has 1 amide bonds. The zero-order chi connectivity index (χ0) is 22.1. The Morgan fingerprint density at radius 2 is 1.45 bits per heavy atom. The van der Waals surface area contributed by atoms with Gasteiger partial charge in [-0.05, 0) is 39.7 Å². The maximum absolute atomic E-state index is 12.2. The van der Waals surface area contributed by atoms with E-state index >= 15 is 0 Å². The van der Waals surface area contributed by atoms with Crippen LogP contribution < -0.4 is 0 Å². The van der Waals surface area contributed by atoms with Crippen LogP contribution in [0.4, 0.5) is 0 Å². The van der Waals surface area contributed by atoms with Crippen molar-refractivity contribution in [1.82, 2.24) is 5.06 Å². The van der Waals surface area contributed by atoms with E-state index in [2.05, 4.69) is 41.5 Å². The molecule has 0 fully saturated rings. The van der Waals surface area contributed by atoms with Gasteiger partial charge in [0.15, 0.2) is 0 Å². The highest BCUT2D eigenvalue weighted by Gasteiger charge is 2.27. The number of phenols is 1. The molecule has 0 aliphatic heterocycles. The van der Waals surface area contributed by atoms with Gasteiger partial charge in [0.05, 0.1) is 6.54 Å². The number of carbonyl (C=O) groups is 1. The monoisotopic (exact) mass is 397 g/mol. The van der Waals surface area contributed by atoms with Gasteiger partial charge in [0.1, 0.15) is 5.75 Å². The third-order valence-corrected chi connectivity index (χ3v) is 5.12. The summed E-state index contributed by atoms with van der Waals surface area (Å²) in [6.45, 7) is 16.2. The number of aromatic hydroxyl groups is 1. The lowest BCUT2D eigenvalue weighted by atomic mass is 9.77. The maximum atomic E-state index is 12.2. The fraction of sp³-hybridized carbons (Fsp3) is 0.480. The van der Waals surface area contributed by atoms with Gasteiger partial charge in [0, 0.05) is 17.0 Å². The molecule has 0 saturated heterocycles. The van der Waals surface area contributed by atoms with Gasteiger partial charge in [-0.25, -0.2) is 5.06 Å². The summed E-state index contributed by atoms with van der Waals surface area (Å²) >= 11 is 0. The molecule has 0 aromatic heterocycles. The molecule has 0 atom stereocenters.